The average molecular weight is 373 g/mol. The fourth-order valence-electron chi connectivity index (χ4n) is 1.82. The van der Waals surface area contributed by atoms with Gasteiger partial charge < -0.3 is 5.32 Å². The monoisotopic (exact) mass is 372 g/mol. The second-order valence-corrected chi connectivity index (χ2v) is 7.01. The Morgan fingerprint density at radius 2 is 1.76 bits per heavy atom. The molecule has 0 saturated heterocycles. The van der Waals surface area contributed by atoms with Gasteiger partial charge in [0.15, 0.2) is 0 Å². The molecule has 0 aliphatic heterocycles. The van der Waals surface area contributed by atoms with E-state index in [4.69, 9.17) is 5.14 Å². The van der Waals surface area contributed by atoms with Gasteiger partial charge in [0.2, 0.25) is 10.0 Å². The highest BCUT2D eigenvalue weighted by Crippen LogP contribution is 2.15. The summed E-state index contributed by atoms with van der Waals surface area (Å²) in [5.41, 5.74) is 1.45. The molecule has 0 amide bonds. The lowest BCUT2D eigenvalue weighted by molar-refractivity contribution is 0.587. The van der Waals surface area contributed by atoms with Gasteiger partial charge in [-0.15, -0.1) is 0 Å². The van der Waals surface area contributed by atoms with Gasteiger partial charge in [-0.25, -0.2) is 17.9 Å². The Labute approximate surface area is 131 Å². The maximum absolute atomic E-state index is 13.5. The Hall–Kier alpha value is -1.28. The van der Waals surface area contributed by atoms with Crippen LogP contribution in [0.4, 0.5) is 4.39 Å². The normalized spacial score (nSPS) is 11.6. The van der Waals surface area contributed by atoms with Crippen LogP contribution in [0.3, 0.4) is 0 Å². The van der Waals surface area contributed by atoms with Crippen molar-refractivity contribution < 1.29 is 12.8 Å². The number of primary sulfonamides is 1. The van der Waals surface area contributed by atoms with E-state index in [1.807, 2.05) is 0 Å². The summed E-state index contributed by atoms with van der Waals surface area (Å²) in [7, 11) is -3.67. The number of hydrogen-bond acceptors (Lipinski definition) is 3. The lowest BCUT2D eigenvalue weighted by Gasteiger charge is -2.07. The number of hydrogen-bond donors (Lipinski definition) is 2. The van der Waals surface area contributed by atoms with Gasteiger partial charge in [-0.1, -0.05) is 28.1 Å². The van der Waals surface area contributed by atoms with E-state index in [-0.39, 0.29) is 10.7 Å². The van der Waals surface area contributed by atoms with Gasteiger partial charge in [0, 0.05) is 23.1 Å². The minimum Gasteiger partial charge on any atom is -0.309 e. The molecule has 4 nitrogen and oxygen atoms in total. The molecule has 0 aliphatic carbocycles. The molecule has 0 radical (unpaired) electrons. The molecular weight excluding hydrogens is 359 g/mol. The van der Waals surface area contributed by atoms with Gasteiger partial charge in [-0.3, -0.25) is 0 Å². The summed E-state index contributed by atoms with van der Waals surface area (Å²) in [6.45, 7) is 0.874. The zero-order valence-corrected chi connectivity index (χ0v) is 13.4. The highest BCUT2D eigenvalue weighted by molar-refractivity contribution is 9.10. The molecule has 0 heterocycles. The molecule has 0 aromatic heterocycles. The Morgan fingerprint density at radius 1 is 1.10 bits per heavy atom. The summed E-state index contributed by atoms with van der Waals surface area (Å²) in [4.78, 5) is 0.0734. The topological polar surface area (TPSA) is 72.2 Å². The van der Waals surface area contributed by atoms with Gasteiger partial charge in [0.05, 0.1) is 4.90 Å². The van der Waals surface area contributed by atoms with Gasteiger partial charge in [0.1, 0.15) is 5.82 Å². The van der Waals surface area contributed by atoms with Crippen molar-refractivity contribution in [3.05, 3.63) is 63.9 Å². The number of rotatable bonds is 5. The van der Waals surface area contributed by atoms with E-state index in [1.54, 1.807) is 24.3 Å². The Bertz CT molecular complexity index is 733. The fraction of sp³-hybridized carbons (Fsp3) is 0.143. The molecule has 112 valence electrons. The Morgan fingerprint density at radius 3 is 2.38 bits per heavy atom. The fourth-order valence-corrected chi connectivity index (χ4v) is 2.74. The smallest absolute Gasteiger partial charge is 0.238 e. The minimum absolute atomic E-state index is 0.0734. The first-order valence-electron chi connectivity index (χ1n) is 6.12. The Kier molecular flexibility index (Phi) is 5.10. The minimum atomic E-state index is -3.67. The molecule has 0 spiro atoms. The van der Waals surface area contributed by atoms with Crippen molar-refractivity contribution in [3.8, 4) is 0 Å². The zero-order chi connectivity index (χ0) is 15.5. The van der Waals surface area contributed by atoms with E-state index in [0.29, 0.717) is 18.7 Å². The maximum atomic E-state index is 13.5. The van der Waals surface area contributed by atoms with Crippen molar-refractivity contribution in [2.24, 2.45) is 5.14 Å². The van der Waals surface area contributed by atoms with Crippen LogP contribution < -0.4 is 10.5 Å². The van der Waals surface area contributed by atoms with Crippen LogP contribution >= 0.6 is 15.9 Å². The molecule has 0 unspecified atom stereocenters. The lowest BCUT2D eigenvalue weighted by atomic mass is 10.2. The first kappa shape index (κ1) is 16.1. The predicted molar refractivity (Wildman–Crippen MR) is 82.5 cm³/mol. The van der Waals surface area contributed by atoms with Crippen molar-refractivity contribution in [1.82, 2.24) is 5.32 Å². The van der Waals surface area contributed by atoms with Gasteiger partial charge in [-0.05, 0) is 35.9 Å². The number of nitrogens with two attached hydrogens (primary N) is 1. The van der Waals surface area contributed by atoms with Crippen molar-refractivity contribution in [2.45, 2.75) is 18.0 Å². The van der Waals surface area contributed by atoms with E-state index >= 15 is 0 Å². The third-order valence-corrected chi connectivity index (χ3v) is 4.33. The van der Waals surface area contributed by atoms with Crippen molar-refractivity contribution in [3.63, 3.8) is 0 Å². The maximum Gasteiger partial charge on any atom is 0.238 e. The molecule has 3 N–H and O–H groups in total. The van der Waals surface area contributed by atoms with Gasteiger partial charge >= 0.3 is 0 Å². The first-order valence-corrected chi connectivity index (χ1v) is 8.46. The summed E-state index contributed by atoms with van der Waals surface area (Å²) in [6.07, 6.45) is 0. The third-order valence-electron chi connectivity index (χ3n) is 2.90. The van der Waals surface area contributed by atoms with E-state index in [2.05, 4.69) is 21.2 Å². The quantitative estimate of drug-likeness (QED) is 0.846. The zero-order valence-electron chi connectivity index (χ0n) is 11.0. The standard InChI is InChI=1S/C14H14BrFN2O2S/c15-12-3-6-14(16)11(7-12)9-18-8-10-1-4-13(5-2-10)21(17,19)20/h1-7,18H,8-9H2,(H2,17,19,20). The van der Waals surface area contributed by atoms with E-state index in [1.165, 1.54) is 18.2 Å². The molecule has 21 heavy (non-hydrogen) atoms. The van der Waals surface area contributed by atoms with Crippen LogP contribution in [-0.2, 0) is 23.1 Å². The second kappa shape index (κ2) is 6.65. The summed E-state index contributed by atoms with van der Waals surface area (Å²) < 4.78 is 36.6. The highest BCUT2D eigenvalue weighted by Gasteiger charge is 2.07. The van der Waals surface area contributed by atoms with Gasteiger partial charge in [-0.2, -0.15) is 0 Å². The van der Waals surface area contributed by atoms with Crippen LogP contribution in [0.5, 0.6) is 0 Å². The van der Waals surface area contributed by atoms with Gasteiger partial charge in [0.25, 0.3) is 0 Å². The molecular formula is C14H14BrFN2O2S. The molecule has 2 rings (SSSR count). The molecule has 0 atom stereocenters. The molecule has 2 aromatic rings. The van der Waals surface area contributed by atoms with E-state index in [9.17, 15) is 12.8 Å². The van der Waals surface area contributed by atoms with Crippen molar-refractivity contribution in [2.75, 3.05) is 0 Å². The van der Waals surface area contributed by atoms with E-state index in [0.717, 1.165) is 10.0 Å². The number of halogens is 2. The predicted octanol–water partition coefficient (Wildman–Crippen LogP) is 2.53. The van der Waals surface area contributed by atoms with E-state index < -0.39 is 10.0 Å². The molecule has 7 heteroatoms. The summed E-state index contributed by atoms with van der Waals surface area (Å²) in [5.74, 6) is -0.268. The van der Waals surface area contributed by atoms with Crippen LogP contribution in [0, 0.1) is 5.82 Å². The van der Waals surface area contributed by atoms with Crippen LogP contribution in [0.1, 0.15) is 11.1 Å². The first-order chi connectivity index (χ1) is 9.86. The number of nitrogens with one attached hydrogen (secondary N) is 1. The molecule has 2 aromatic carbocycles. The highest BCUT2D eigenvalue weighted by atomic mass is 79.9. The molecule has 0 bridgehead atoms. The summed E-state index contributed by atoms with van der Waals surface area (Å²) in [5, 5.41) is 8.13. The molecule has 0 saturated carbocycles. The number of benzene rings is 2. The third kappa shape index (κ3) is 4.60. The Balaban J connectivity index is 1.96. The summed E-state index contributed by atoms with van der Waals surface area (Å²) >= 11 is 3.30. The number of sulfonamides is 1. The van der Waals surface area contributed by atoms with Crippen molar-refractivity contribution >= 4 is 26.0 Å². The second-order valence-electron chi connectivity index (χ2n) is 4.53. The van der Waals surface area contributed by atoms with Crippen molar-refractivity contribution in [1.29, 1.82) is 0 Å². The van der Waals surface area contributed by atoms with Crippen LogP contribution in [0.25, 0.3) is 0 Å². The van der Waals surface area contributed by atoms with Crippen LogP contribution in [0.15, 0.2) is 51.8 Å². The SMILES string of the molecule is NS(=O)(=O)c1ccc(CNCc2cc(Br)ccc2F)cc1. The average Bonchev–Trinajstić information content (AvgIpc) is 2.42. The molecule has 0 aliphatic rings. The lowest BCUT2D eigenvalue weighted by Crippen LogP contribution is -2.15. The van der Waals surface area contributed by atoms with Crippen LogP contribution in [0.2, 0.25) is 0 Å². The summed E-state index contributed by atoms with van der Waals surface area (Å²) in [6, 6.07) is 11.0. The molecule has 0 fully saturated rings. The largest absolute Gasteiger partial charge is 0.309 e. The van der Waals surface area contributed by atoms with Crippen LogP contribution in [-0.4, -0.2) is 8.42 Å².